The zero-order chi connectivity index (χ0) is 12.2. The Morgan fingerprint density at radius 1 is 1.25 bits per heavy atom. The molecule has 0 aliphatic carbocycles. The lowest BCUT2D eigenvalue weighted by Crippen LogP contribution is -2.38. The van der Waals surface area contributed by atoms with E-state index in [0.717, 1.165) is 0 Å². The Labute approximate surface area is 97.1 Å². The van der Waals surface area contributed by atoms with Gasteiger partial charge in [-0.25, -0.2) is 8.42 Å². The molecule has 1 aliphatic rings. The Morgan fingerprint density at radius 2 is 1.81 bits per heavy atom. The van der Waals surface area contributed by atoms with Crippen LogP contribution >= 0.6 is 11.8 Å². The molecule has 96 valence electrons. The predicted octanol–water partition coefficient (Wildman–Crippen LogP) is 1.41. The van der Waals surface area contributed by atoms with E-state index >= 15 is 0 Å². The second kappa shape index (κ2) is 5.59. The van der Waals surface area contributed by atoms with Crippen molar-refractivity contribution < 1.29 is 21.6 Å². The van der Waals surface area contributed by atoms with Crippen molar-refractivity contribution in [3.63, 3.8) is 0 Å². The lowest BCUT2D eigenvalue weighted by atomic mass is 10.1. The Bertz CT molecular complexity index is 302. The minimum Gasteiger partial charge on any atom is -0.313 e. The summed E-state index contributed by atoms with van der Waals surface area (Å²) in [6.45, 7) is 0.259. The molecule has 3 nitrogen and oxygen atoms in total. The molecule has 1 rings (SSSR count). The Kier molecular flexibility index (Phi) is 4.93. The van der Waals surface area contributed by atoms with Crippen molar-refractivity contribution in [1.29, 1.82) is 0 Å². The first-order chi connectivity index (χ1) is 7.29. The number of rotatable bonds is 4. The topological polar surface area (TPSA) is 46.2 Å². The molecule has 0 atom stereocenters. The number of hydrogen-bond acceptors (Lipinski definition) is 4. The third-order valence-corrected chi connectivity index (χ3v) is 4.81. The van der Waals surface area contributed by atoms with Crippen molar-refractivity contribution in [2.24, 2.45) is 0 Å². The third-order valence-electron chi connectivity index (χ3n) is 2.36. The number of sulfone groups is 1. The molecule has 8 heteroatoms. The van der Waals surface area contributed by atoms with E-state index in [1.165, 1.54) is 0 Å². The van der Waals surface area contributed by atoms with Gasteiger partial charge in [0.15, 0.2) is 0 Å². The van der Waals surface area contributed by atoms with Crippen LogP contribution in [0.4, 0.5) is 13.2 Å². The third kappa shape index (κ3) is 5.95. The highest BCUT2D eigenvalue weighted by Gasteiger charge is 2.28. The SMILES string of the molecule is O=S1(=O)CCC(NCCSC(F)(F)F)CC1. The number of alkyl halides is 3. The highest BCUT2D eigenvalue weighted by molar-refractivity contribution is 8.00. The van der Waals surface area contributed by atoms with Gasteiger partial charge < -0.3 is 5.32 Å². The second-order valence-electron chi connectivity index (χ2n) is 3.67. The van der Waals surface area contributed by atoms with Crippen molar-refractivity contribution in [3.05, 3.63) is 0 Å². The van der Waals surface area contributed by atoms with E-state index in [1.807, 2.05) is 0 Å². The summed E-state index contributed by atoms with van der Waals surface area (Å²) in [5.74, 6) is 0.237. The number of nitrogens with one attached hydrogen (secondary N) is 1. The van der Waals surface area contributed by atoms with Crippen molar-refractivity contribution in [3.8, 4) is 0 Å². The van der Waals surface area contributed by atoms with E-state index in [-0.39, 0.29) is 41.6 Å². The molecule has 0 aromatic carbocycles. The summed E-state index contributed by atoms with van der Waals surface area (Å²) in [6, 6.07) is 0.0392. The summed E-state index contributed by atoms with van der Waals surface area (Å²) >= 11 is -0.0588. The van der Waals surface area contributed by atoms with Gasteiger partial charge in [-0.3, -0.25) is 0 Å². The summed E-state index contributed by atoms with van der Waals surface area (Å²) in [5, 5.41) is 2.95. The molecule has 0 spiro atoms. The van der Waals surface area contributed by atoms with Crippen LogP contribution in [0.1, 0.15) is 12.8 Å². The Hall–Kier alpha value is 0.0500. The van der Waals surface area contributed by atoms with E-state index in [9.17, 15) is 21.6 Å². The van der Waals surface area contributed by atoms with Crippen LogP contribution in [0.3, 0.4) is 0 Å². The maximum Gasteiger partial charge on any atom is 0.441 e. The summed E-state index contributed by atoms with van der Waals surface area (Å²) in [7, 11) is -2.89. The van der Waals surface area contributed by atoms with E-state index in [0.29, 0.717) is 12.8 Å². The van der Waals surface area contributed by atoms with Crippen molar-refractivity contribution in [2.75, 3.05) is 23.8 Å². The van der Waals surface area contributed by atoms with Crippen molar-refractivity contribution in [1.82, 2.24) is 5.32 Å². The maximum atomic E-state index is 11.8. The van der Waals surface area contributed by atoms with Gasteiger partial charge in [0.25, 0.3) is 0 Å². The van der Waals surface area contributed by atoms with Gasteiger partial charge in [0.1, 0.15) is 9.84 Å². The molecule has 0 aromatic rings. The van der Waals surface area contributed by atoms with Crippen LogP contribution in [0.25, 0.3) is 0 Å². The lowest BCUT2D eigenvalue weighted by molar-refractivity contribution is -0.0327. The molecule has 1 N–H and O–H groups in total. The highest BCUT2D eigenvalue weighted by Crippen LogP contribution is 2.29. The number of halogens is 3. The first kappa shape index (κ1) is 14.1. The van der Waals surface area contributed by atoms with Crippen LogP contribution in [0.15, 0.2) is 0 Å². The predicted molar refractivity (Wildman–Crippen MR) is 58.2 cm³/mol. The Morgan fingerprint density at radius 3 is 2.31 bits per heavy atom. The van der Waals surface area contributed by atoms with Gasteiger partial charge in [-0.05, 0) is 24.6 Å². The molecule has 1 heterocycles. The van der Waals surface area contributed by atoms with E-state index in [2.05, 4.69) is 5.32 Å². The molecular formula is C8H14F3NO2S2. The molecule has 0 aromatic heterocycles. The fraction of sp³-hybridized carbons (Fsp3) is 1.00. The summed E-state index contributed by atoms with van der Waals surface area (Å²) < 4.78 is 57.5. The van der Waals surface area contributed by atoms with Gasteiger partial charge in [0.05, 0.1) is 11.5 Å². The summed E-state index contributed by atoms with van der Waals surface area (Å²) in [6.07, 6.45) is 0.998. The van der Waals surface area contributed by atoms with Crippen LogP contribution in [0.5, 0.6) is 0 Å². The second-order valence-corrected chi connectivity index (χ2v) is 7.14. The van der Waals surface area contributed by atoms with Gasteiger partial charge in [0.2, 0.25) is 0 Å². The van der Waals surface area contributed by atoms with Crippen molar-refractivity contribution >= 4 is 21.6 Å². The fourth-order valence-electron chi connectivity index (χ4n) is 1.52. The molecular weight excluding hydrogens is 263 g/mol. The van der Waals surface area contributed by atoms with Gasteiger partial charge in [-0.2, -0.15) is 13.2 Å². The Balaban J connectivity index is 2.11. The van der Waals surface area contributed by atoms with Crippen LogP contribution in [-0.2, 0) is 9.84 Å². The smallest absolute Gasteiger partial charge is 0.313 e. The van der Waals surface area contributed by atoms with Crippen LogP contribution in [0.2, 0.25) is 0 Å². The number of hydrogen-bond donors (Lipinski definition) is 1. The molecule has 0 saturated carbocycles. The van der Waals surface area contributed by atoms with Crippen LogP contribution in [0, 0.1) is 0 Å². The van der Waals surface area contributed by atoms with Crippen molar-refractivity contribution in [2.45, 2.75) is 24.4 Å². The molecule has 1 aliphatic heterocycles. The van der Waals surface area contributed by atoms with Gasteiger partial charge in [-0.1, -0.05) is 0 Å². The highest BCUT2D eigenvalue weighted by atomic mass is 32.2. The van der Waals surface area contributed by atoms with Crippen LogP contribution < -0.4 is 5.32 Å². The van der Waals surface area contributed by atoms with E-state index in [1.54, 1.807) is 0 Å². The maximum absolute atomic E-state index is 11.8. The standard InChI is InChI=1S/C8H14F3NO2S2/c9-8(10,11)15-4-3-12-7-1-5-16(13,14)6-2-7/h7,12H,1-6H2. The number of thioether (sulfide) groups is 1. The van der Waals surface area contributed by atoms with Crippen LogP contribution in [-0.4, -0.2) is 43.8 Å². The first-order valence-corrected chi connectivity index (χ1v) is 7.74. The molecule has 16 heavy (non-hydrogen) atoms. The monoisotopic (exact) mass is 277 g/mol. The molecule has 0 amide bonds. The fourth-order valence-corrected chi connectivity index (χ4v) is 3.47. The van der Waals surface area contributed by atoms with E-state index < -0.39 is 15.3 Å². The largest absolute Gasteiger partial charge is 0.441 e. The first-order valence-electron chi connectivity index (χ1n) is 4.93. The summed E-state index contributed by atoms with van der Waals surface area (Å²) in [4.78, 5) is 0. The quantitative estimate of drug-likeness (QED) is 0.789. The normalized spacial score (nSPS) is 22.2. The van der Waals surface area contributed by atoms with Gasteiger partial charge >= 0.3 is 5.51 Å². The molecule has 1 fully saturated rings. The lowest BCUT2D eigenvalue weighted by Gasteiger charge is -2.23. The minimum absolute atomic E-state index is 0.0350. The zero-order valence-corrected chi connectivity index (χ0v) is 10.2. The van der Waals surface area contributed by atoms with E-state index in [4.69, 9.17) is 0 Å². The van der Waals surface area contributed by atoms with Gasteiger partial charge in [0, 0.05) is 18.3 Å². The molecule has 1 saturated heterocycles. The van der Waals surface area contributed by atoms with Gasteiger partial charge in [-0.15, -0.1) is 0 Å². The molecule has 0 unspecified atom stereocenters. The molecule has 0 radical (unpaired) electrons. The molecule has 0 bridgehead atoms. The average Bonchev–Trinajstić information content (AvgIpc) is 2.13. The summed E-state index contributed by atoms with van der Waals surface area (Å²) in [5.41, 5.74) is -4.18. The minimum atomic E-state index is -4.18. The zero-order valence-electron chi connectivity index (χ0n) is 8.59. The average molecular weight is 277 g/mol.